The molecule has 1 amide bonds. The van der Waals surface area contributed by atoms with Gasteiger partial charge in [-0.2, -0.15) is 0 Å². The number of benzene rings is 1. The summed E-state index contributed by atoms with van der Waals surface area (Å²) < 4.78 is 25.5. The van der Waals surface area contributed by atoms with Crippen LogP contribution in [0.1, 0.15) is 29.9 Å². The molecule has 3 N–H and O–H groups in total. The second-order valence-electron chi connectivity index (χ2n) is 7.64. The van der Waals surface area contributed by atoms with E-state index in [-0.39, 0.29) is 11.7 Å². The highest BCUT2D eigenvalue weighted by molar-refractivity contribution is 6.06. The van der Waals surface area contributed by atoms with Crippen molar-refractivity contribution in [3.63, 3.8) is 0 Å². The van der Waals surface area contributed by atoms with Crippen molar-refractivity contribution in [1.82, 2.24) is 15.3 Å². The molecule has 8 heteroatoms. The lowest BCUT2D eigenvalue weighted by molar-refractivity contribution is 0.0947. The van der Waals surface area contributed by atoms with Crippen LogP contribution in [0.5, 0.6) is 11.5 Å². The number of aromatic amines is 1. The van der Waals surface area contributed by atoms with Gasteiger partial charge >= 0.3 is 0 Å². The number of fused-ring (bicyclic) bond motifs is 1. The molecule has 0 aliphatic carbocycles. The number of anilines is 2. The SMILES string of the molecule is COc1c(F)cccc1Nc1c(-c2ccncc2OCC=C(C)C)[nH]c2c1C(=O)NCC2. The third-order valence-corrected chi connectivity index (χ3v) is 5.18. The molecule has 4 rings (SSSR count). The molecule has 0 fully saturated rings. The van der Waals surface area contributed by atoms with E-state index in [1.54, 1.807) is 24.5 Å². The number of nitrogens with zero attached hydrogens (tertiary/aromatic N) is 1. The molecule has 0 saturated heterocycles. The Hall–Kier alpha value is -3.81. The van der Waals surface area contributed by atoms with Crippen LogP contribution >= 0.6 is 0 Å². The first-order valence-electron chi connectivity index (χ1n) is 10.3. The van der Waals surface area contributed by atoms with Crippen molar-refractivity contribution >= 4 is 17.3 Å². The minimum atomic E-state index is -0.498. The van der Waals surface area contributed by atoms with E-state index in [0.717, 1.165) is 16.8 Å². The van der Waals surface area contributed by atoms with Gasteiger partial charge in [0.25, 0.3) is 5.91 Å². The Morgan fingerprint density at radius 3 is 2.94 bits per heavy atom. The molecule has 0 radical (unpaired) electrons. The van der Waals surface area contributed by atoms with Gasteiger partial charge in [-0.05, 0) is 38.1 Å². The maximum Gasteiger partial charge on any atom is 0.255 e. The number of halogens is 1. The Kier molecular flexibility index (Phi) is 6.11. The lowest BCUT2D eigenvalue weighted by atomic mass is 10.0. The van der Waals surface area contributed by atoms with Gasteiger partial charge in [0.2, 0.25) is 0 Å². The Bertz CT molecular complexity index is 1180. The van der Waals surface area contributed by atoms with Gasteiger partial charge < -0.3 is 25.1 Å². The maximum absolute atomic E-state index is 14.3. The molecule has 7 nitrogen and oxygen atoms in total. The van der Waals surface area contributed by atoms with Crippen LogP contribution in [0, 0.1) is 5.82 Å². The predicted octanol–water partition coefficient (Wildman–Crippen LogP) is 4.60. The number of nitrogens with one attached hydrogen (secondary N) is 3. The van der Waals surface area contributed by atoms with E-state index in [0.29, 0.717) is 48.0 Å². The lowest BCUT2D eigenvalue weighted by Crippen LogP contribution is -2.31. The average Bonchev–Trinajstić information content (AvgIpc) is 3.13. The van der Waals surface area contributed by atoms with Crippen LogP contribution in [-0.4, -0.2) is 36.1 Å². The number of rotatable bonds is 7. The highest BCUT2D eigenvalue weighted by atomic mass is 19.1. The van der Waals surface area contributed by atoms with Crippen molar-refractivity contribution in [2.24, 2.45) is 0 Å². The second-order valence-corrected chi connectivity index (χ2v) is 7.64. The summed E-state index contributed by atoms with van der Waals surface area (Å²) >= 11 is 0. The zero-order valence-corrected chi connectivity index (χ0v) is 18.2. The van der Waals surface area contributed by atoms with Gasteiger partial charge in [-0.15, -0.1) is 0 Å². The van der Waals surface area contributed by atoms with Gasteiger partial charge in [-0.3, -0.25) is 9.78 Å². The molecule has 166 valence electrons. The summed E-state index contributed by atoms with van der Waals surface area (Å²) in [5.41, 5.74) is 4.77. The molecule has 0 atom stereocenters. The summed E-state index contributed by atoms with van der Waals surface area (Å²) in [7, 11) is 1.40. The Morgan fingerprint density at radius 2 is 2.16 bits per heavy atom. The zero-order valence-electron chi connectivity index (χ0n) is 18.2. The molecule has 0 saturated carbocycles. The van der Waals surface area contributed by atoms with Crippen LogP contribution in [0.15, 0.2) is 48.3 Å². The van der Waals surface area contributed by atoms with Gasteiger partial charge in [-0.1, -0.05) is 11.6 Å². The van der Waals surface area contributed by atoms with Gasteiger partial charge in [0.05, 0.1) is 35.9 Å². The largest absolute Gasteiger partial charge is 0.492 e. The lowest BCUT2D eigenvalue weighted by Gasteiger charge is -2.17. The average molecular weight is 436 g/mol. The van der Waals surface area contributed by atoms with E-state index in [9.17, 15) is 9.18 Å². The van der Waals surface area contributed by atoms with Crippen molar-refractivity contribution in [2.45, 2.75) is 20.3 Å². The van der Waals surface area contributed by atoms with E-state index in [4.69, 9.17) is 9.47 Å². The molecular formula is C24H25FN4O3. The number of pyridine rings is 1. The fourth-order valence-corrected chi connectivity index (χ4v) is 3.66. The normalized spacial score (nSPS) is 12.6. The van der Waals surface area contributed by atoms with E-state index < -0.39 is 5.82 Å². The third-order valence-electron chi connectivity index (χ3n) is 5.18. The first-order valence-corrected chi connectivity index (χ1v) is 10.3. The number of amides is 1. The molecule has 0 unspecified atom stereocenters. The van der Waals surface area contributed by atoms with Crippen molar-refractivity contribution < 1.29 is 18.7 Å². The summed E-state index contributed by atoms with van der Waals surface area (Å²) in [4.78, 5) is 20.3. The number of H-pyrrole nitrogens is 1. The fraction of sp³-hybridized carbons (Fsp3) is 0.250. The monoisotopic (exact) mass is 436 g/mol. The van der Waals surface area contributed by atoms with Crippen LogP contribution in [0.3, 0.4) is 0 Å². The van der Waals surface area contributed by atoms with Crippen LogP contribution in [0.2, 0.25) is 0 Å². The molecule has 1 aliphatic rings. The minimum absolute atomic E-state index is 0.0689. The van der Waals surface area contributed by atoms with Crippen molar-refractivity contribution in [3.05, 3.63) is 65.4 Å². The summed E-state index contributed by atoms with van der Waals surface area (Å²) in [5.74, 6) is -0.0621. The first-order chi connectivity index (χ1) is 15.5. The predicted molar refractivity (Wildman–Crippen MR) is 121 cm³/mol. The standard InChI is InChI=1S/C24H25FN4O3/c1-14(2)9-12-32-19-13-26-10-7-15(19)21-22(20-17(28-21)8-11-27-24(20)30)29-18-6-4-5-16(25)23(18)31-3/h4-7,9-10,13,28-29H,8,11-12H2,1-3H3,(H,27,30). The van der Waals surface area contributed by atoms with E-state index in [1.165, 1.54) is 13.2 Å². The van der Waals surface area contributed by atoms with Gasteiger partial charge in [0, 0.05) is 30.4 Å². The summed E-state index contributed by atoms with van der Waals surface area (Å²) in [6.45, 7) is 4.93. The molecule has 3 aromatic rings. The molecule has 32 heavy (non-hydrogen) atoms. The van der Waals surface area contributed by atoms with Crippen LogP contribution in [-0.2, 0) is 6.42 Å². The number of allylic oxidation sites excluding steroid dienone is 1. The molecule has 3 heterocycles. The number of methoxy groups -OCH3 is 1. The van der Waals surface area contributed by atoms with Crippen LogP contribution < -0.4 is 20.1 Å². The molecule has 1 aliphatic heterocycles. The topological polar surface area (TPSA) is 88.3 Å². The summed E-state index contributed by atoms with van der Waals surface area (Å²) in [6, 6.07) is 6.42. The number of hydrogen-bond acceptors (Lipinski definition) is 5. The number of para-hydroxylation sites is 1. The minimum Gasteiger partial charge on any atom is -0.492 e. The third kappa shape index (κ3) is 4.16. The molecule has 1 aromatic carbocycles. The summed E-state index contributed by atoms with van der Waals surface area (Å²) in [5, 5.41) is 6.10. The number of hydrogen-bond donors (Lipinski definition) is 3. The molecule has 0 spiro atoms. The first kappa shape index (κ1) is 21.4. The quantitative estimate of drug-likeness (QED) is 0.471. The number of carbonyl (C=O) groups is 1. The van der Waals surface area contributed by atoms with Crippen molar-refractivity contribution in [3.8, 4) is 22.8 Å². The van der Waals surface area contributed by atoms with Gasteiger partial charge in [0.1, 0.15) is 12.4 Å². The van der Waals surface area contributed by atoms with E-state index in [2.05, 4.69) is 20.6 Å². The Labute approximate surface area is 185 Å². The van der Waals surface area contributed by atoms with Crippen LogP contribution in [0.25, 0.3) is 11.3 Å². The van der Waals surface area contributed by atoms with E-state index in [1.807, 2.05) is 26.0 Å². The zero-order chi connectivity index (χ0) is 22.7. The molecule has 2 aromatic heterocycles. The van der Waals surface area contributed by atoms with Crippen molar-refractivity contribution in [2.75, 3.05) is 25.6 Å². The highest BCUT2D eigenvalue weighted by Gasteiger charge is 2.28. The van der Waals surface area contributed by atoms with Gasteiger partial charge in [-0.25, -0.2) is 4.39 Å². The maximum atomic E-state index is 14.3. The Morgan fingerprint density at radius 1 is 1.31 bits per heavy atom. The van der Waals surface area contributed by atoms with Crippen LogP contribution in [0.4, 0.5) is 15.8 Å². The second kappa shape index (κ2) is 9.13. The Balaban J connectivity index is 1.84. The number of aromatic nitrogens is 2. The fourth-order valence-electron chi connectivity index (χ4n) is 3.66. The smallest absolute Gasteiger partial charge is 0.255 e. The highest BCUT2D eigenvalue weighted by Crippen LogP contribution is 2.41. The van der Waals surface area contributed by atoms with E-state index >= 15 is 0 Å². The molecular weight excluding hydrogens is 411 g/mol. The summed E-state index contributed by atoms with van der Waals surface area (Å²) in [6.07, 6.45) is 5.92. The number of carbonyl (C=O) groups excluding carboxylic acids is 1. The van der Waals surface area contributed by atoms with Crippen molar-refractivity contribution in [1.29, 1.82) is 0 Å². The molecule has 0 bridgehead atoms. The van der Waals surface area contributed by atoms with Gasteiger partial charge in [0.15, 0.2) is 11.6 Å². The number of ether oxygens (including phenoxy) is 2.